The standard InChI is InChI=1S/C15H10ClNO3/c1-8-7-9(5-6-11(8)16)14-17-12-4-2-3-10(15(18)19)13(12)20-14/h2-7H,1H3,(H,18,19). The van der Waals surface area contributed by atoms with Crippen molar-refractivity contribution in [3.8, 4) is 11.5 Å². The van der Waals surface area contributed by atoms with Crippen molar-refractivity contribution in [3.63, 3.8) is 0 Å². The van der Waals surface area contributed by atoms with Crippen molar-refractivity contribution in [1.82, 2.24) is 4.98 Å². The summed E-state index contributed by atoms with van der Waals surface area (Å²) in [4.78, 5) is 15.5. The van der Waals surface area contributed by atoms with E-state index in [9.17, 15) is 4.79 Å². The van der Waals surface area contributed by atoms with E-state index in [4.69, 9.17) is 21.1 Å². The molecule has 3 aromatic rings. The molecular formula is C15H10ClNO3. The average molecular weight is 288 g/mol. The third-order valence-corrected chi connectivity index (χ3v) is 3.47. The lowest BCUT2D eigenvalue weighted by Gasteiger charge is -1.99. The molecule has 5 heteroatoms. The Morgan fingerprint density at radius 1 is 1.30 bits per heavy atom. The maximum Gasteiger partial charge on any atom is 0.339 e. The first-order valence-corrected chi connectivity index (χ1v) is 6.33. The van der Waals surface area contributed by atoms with Crippen LogP contribution in [-0.4, -0.2) is 16.1 Å². The van der Waals surface area contributed by atoms with Crippen LogP contribution in [0.5, 0.6) is 0 Å². The molecule has 0 fully saturated rings. The minimum absolute atomic E-state index is 0.104. The lowest BCUT2D eigenvalue weighted by Crippen LogP contribution is -1.95. The summed E-state index contributed by atoms with van der Waals surface area (Å²) in [6, 6.07) is 10.3. The molecule has 0 atom stereocenters. The molecular weight excluding hydrogens is 278 g/mol. The third-order valence-electron chi connectivity index (χ3n) is 3.05. The molecule has 0 aliphatic rings. The molecule has 0 aliphatic heterocycles. The van der Waals surface area contributed by atoms with E-state index in [0.717, 1.165) is 11.1 Å². The van der Waals surface area contributed by atoms with E-state index < -0.39 is 5.97 Å². The van der Waals surface area contributed by atoms with Crippen molar-refractivity contribution < 1.29 is 14.3 Å². The van der Waals surface area contributed by atoms with Gasteiger partial charge in [-0.3, -0.25) is 0 Å². The highest BCUT2D eigenvalue weighted by Gasteiger charge is 2.15. The van der Waals surface area contributed by atoms with Gasteiger partial charge in [-0.1, -0.05) is 17.7 Å². The molecule has 1 N–H and O–H groups in total. The second-order valence-corrected chi connectivity index (χ2v) is 4.85. The first-order valence-electron chi connectivity index (χ1n) is 5.95. The van der Waals surface area contributed by atoms with E-state index in [1.165, 1.54) is 6.07 Å². The number of carbonyl (C=O) groups is 1. The van der Waals surface area contributed by atoms with Crippen LogP contribution in [0.15, 0.2) is 40.8 Å². The van der Waals surface area contributed by atoms with Crippen LogP contribution in [0.4, 0.5) is 0 Å². The van der Waals surface area contributed by atoms with Crippen LogP contribution in [0.25, 0.3) is 22.6 Å². The molecule has 20 heavy (non-hydrogen) atoms. The van der Waals surface area contributed by atoms with Gasteiger partial charge in [-0.05, 0) is 42.8 Å². The Morgan fingerprint density at radius 3 is 2.80 bits per heavy atom. The minimum atomic E-state index is -1.04. The van der Waals surface area contributed by atoms with Crippen molar-refractivity contribution in [3.05, 3.63) is 52.5 Å². The molecule has 0 saturated heterocycles. The second-order valence-electron chi connectivity index (χ2n) is 4.44. The Morgan fingerprint density at radius 2 is 2.10 bits per heavy atom. The molecule has 0 radical (unpaired) electrons. The number of benzene rings is 2. The zero-order valence-electron chi connectivity index (χ0n) is 10.6. The van der Waals surface area contributed by atoms with Crippen molar-refractivity contribution in [2.45, 2.75) is 6.92 Å². The van der Waals surface area contributed by atoms with Gasteiger partial charge in [0.2, 0.25) is 5.89 Å². The number of aromatic carboxylic acids is 1. The van der Waals surface area contributed by atoms with Gasteiger partial charge in [0.1, 0.15) is 11.1 Å². The Bertz CT molecular complexity index is 823. The largest absolute Gasteiger partial charge is 0.478 e. The number of carboxylic acid groups (broad SMARTS) is 1. The molecule has 1 heterocycles. The van der Waals surface area contributed by atoms with Gasteiger partial charge in [0.05, 0.1) is 0 Å². The Kier molecular flexibility index (Phi) is 2.95. The van der Waals surface area contributed by atoms with Gasteiger partial charge in [-0.25, -0.2) is 9.78 Å². The molecule has 100 valence electrons. The first kappa shape index (κ1) is 12.7. The second kappa shape index (κ2) is 4.65. The summed E-state index contributed by atoms with van der Waals surface area (Å²) in [7, 11) is 0. The van der Waals surface area contributed by atoms with Gasteiger partial charge in [0, 0.05) is 10.6 Å². The zero-order valence-corrected chi connectivity index (χ0v) is 11.3. The molecule has 0 amide bonds. The summed E-state index contributed by atoms with van der Waals surface area (Å²) in [5, 5.41) is 9.80. The molecule has 0 aliphatic carbocycles. The number of oxazole rings is 1. The van der Waals surface area contributed by atoms with E-state index in [1.807, 2.05) is 13.0 Å². The Labute approximate surface area is 119 Å². The zero-order chi connectivity index (χ0) is 14.3. The van der Waals surface area contributed by atoms with Gasteiger partial charge in [0.15, 0.2) is 5.58 Å². The number of para-hydroxylation sites is 1. The Hall–Kier alpha value is -2.33. The number of hydrogen-bond donors (Lipinski definition) is 1. The van der Waals surface area contributed by atoms with Gasteiger partial charge in [0.25, 0.3) is 0 Å². The van der Waals surface area contributed by atoms with Gasteiger partial charge in [-0.2, -0.15) is 0 Å². The summed E-state index contributed by atoms with van der Waals surface area (Å²) in [5.41, 5.74) is 2.58. The van der Waals surface area contributed by atoms with Crippen molar-refractivity contribution in [2.75, 3.05) is 0 Å². The highest BCUT2D eigenvalue weighted by molar-refractivity contribution is 6.31. The summed E-state index contributed by atoms with van der Waals surface area (Å²) in [6.45, 7) is 1.89. The smallest absolute Gasteiger partial charge is 0.339 e. The number of nitrogens with zero attached hydrogens (tertiary/aromatic N) is 1. The first-order chi connectivity index (χ1) is 9.56. The lowest BCUT2D eigenvalue weighted by atomic mass is 10.1. The lowest BCUT2D eigenvalue weighted by molar-refractivity contribution is 0.0698. The van der Waals surface area contributed by atoms with E-state index in [-0.39, 0.29) is 11.1 Å². The molecule has 4 nitrogen and oxygen atoms in total. The van der Waals surface area contributed by atoms with Crippen LogP contribution < -0.4 is 0 Å². The van der Waals surface area contributed by atoms with E-state index in [0.29, 0.717) is 16.4 Å². The van der Waals surface area contributed by atoms with Crippen LogP contribution in [0.3, 0.4) is 0 Å². The predicted octanol–water partition coefficient (Wildman–Crippen LogP) is 4.15. The monoisotopic (exact) mass is 287 g/mol. The average Bonchev–Trinajstić information content (AvgIpc) is 2.85. The summed E-state index contributed by atoms with van der Waals surface area (Å²) in [5.74, 6) is -0.654. The molecule has 2 aromatic carbocycles. The highest BCUT2D eigenvalue weighted by Crippen LogP contribution is 2.28. The molecule has 0 unspecified atom stereocenters. The molecule has 0 saturated carbocycles. The number of rotatable bonds is 2. The fourth-order valence-electron chi connectivity index (χ4n) is 2.02. The molecule has 0 bridgehead atoms. The van der Waals surface area contributed by atoms with E-state index in [2.05, 4.69) is 4.98 Å². The van der Waals surface area contributed by atoms with Crippen LogP contribution in [0.2, 0.25) is 5.02 Å². The quantitative estimate of drug-likeness (QED) is 0.769. The Balaban J connectivity index is 2.20. The molecule has 1 aromatic heterocycles. The minimum Gasteiger partial charge on any atom is -0.478 e. The number of fused-ring (bicyclic) bond motifs is 1. The van der Waals surface area contributed by atoms with Gasteiger partial charge >= 0.3 is 5.97 Å². The summed E-state index contributed by atoms with van der Waals surface area (Å²) in [6.07, 6.45) is 0. The number of hydrogen-bond acceptors (Lipinski definition) is 3. The highest BCUT2D eigenvalue weighted by atomic mass is 35.5. The van der Waals surface area contributed by atoms with Crippen molar-refractivity contribution in [1.29, 1.82) is 0 Å². The maximum absolute atomic E-state index is 11.2. The van der Waals surface area contributed by atoms with E-state index >= 15 is 0 Å². The maximum atomic E-state index is 11.2. The van der Waals surface area contributed by atoms with Gasteiger partial charge < -0.3 is 9.52 Å². The SMILES string of the molecule is Cc1cc(-c2nc3cccc(C(=O)O)c3o2)ccc1Cl. The normalized spacial score (nSPS) is 10.9. The van der Waals surface area contributed by atoms with Crippen molar-refractivity contribution in [2.24, 2.45) is 0 Å². The number of carboxylic acids is 1. The number of aromatic nitrogens is 1. The van der Waals surface area contributed by atoms with Gasteiger partial charge in [-0.15, -0.1) is 0 Å². The van der Waals surface area contributed by atoms with Crippen LogP contribution >= 0.6 is 11.6 Å². The van der Waals surface area contributed by atoms with Crippen LogP contribution in [0, 0.1) is 6.92 Å². The fourth-order valence-corrected chi connectivity index (χ4v) is 2.14. The van der Waals surface area contributed by atoms with E-state index in [1.54, 1.807) is 24.3 Å². The molecule has 3 rings (SSSR count). The third kappa shape index (κ3) is 2.04. The number of halogens is 1. The predicted molar refractivity (Wildman–Crippen MR) is 76.2 cm³/mol. The molecule has 0 spiro atoms. The summed E-state index contributed by atoms with van der Waals surface area (Å²) < 4.78 is 5.61. The van der Waals surface area contributed by atoms with Crippen molar-refractivity contribution >= 4 is 28.7 Å². The van der Waals surface area contributed by atoms with Crippen LogP contribution in [0.1, 0.15) is 15.9 Å². The topological polar surface area (TPSA) is 63.3 Å². The fraction of sp³-hybridized carbons (Fsp3) is 0.0667. The van der Waals surface area contributed by atoms with Crippen LogP contribution in [-0.2, 0) is 0 Å². The summed E-state index contributed by atoms with van der Waals surface area (Å²) >= 11 is 5.98. The number of aryl methyl sites for hydroxylation is 1.